The van der Waals surface area contributed by atoms with E-state index in [0.717, 1.165) is 10.6 Å². The first-order valence-electron chi connectivity index (χ1n) is 7.75. The molecule has 8 heteroatoms. The lowest BCUT2D eigenvalue weighted by atomic mass is 10.3. The second-order valence-electron chi connectivity index (χ2n) is 5.59. The molecule has 2 N–H and O–H groups in total. The Morgan fingerprint density at radius 3 is 2.35 bits per heavy atom. The van der Waals surface area contributed by atoms with Crippen LogP contribution in [-0.2, 0) is 9.59 Å². The molecule has 5 nitrogen and oxygen atoms in total. The normalized spacial score (nSPS) is 10.7. The van der Waals surface area contributed by atoms with Crippen LogP contribution in [-0.4, -0.2) is 43.1 Å². The van der Waals surface area contributed by atoms with Gasteiger partial charge in [-0.3, -0.25) is 14.5 Å². The second kappa shape index (κ2) is 9.56. The number of nitrogens with zero attached hydrogens (tertiary/aromatic N) is 1. The fraction of sp³-hybridized carbons (Fsp3) is 0.222. The number of carbonyl (C=O) groups is 2. The summed E-state index contributed by atoms with van der Waals surface area (Å²) in [6.45, 7) is -0.0439. The highest BCUT2D eigenvalue weighted by Crippen LogP contribution is 2.24. The van der Waals surface area contributed by atoms with Crippen molar-refractivity contribution in [1.82, 2.24) is 4.90 Å². The minimum Gasteiger partial charge on any atom is -0.324 e. The summed E-state index contributed by atoms with van der Waals surface area (Å²) in [6, 6.07) is 11.4. The number of hydrogen-bond donors (Lipinski definition) is 2. The largest absolute Gasteiger partial charge is 0.324 e. The lowest BCUT2D eigenvalue weighted by molar-refractivity contribution is -0.119. The third-order valence-corrected chi connectivity index (χ3v) is 4.44. The molecule has 26 heavy (non-hydrogen) atoms. The molecule has 2 aromatic rings. The van der Waals surface area contributed by atoms with Crippen molar-refractivity contribution in [3.8, 4) is 0 Å². The number of nitrogens with one attached hydrogen (secondary N) is 2. The highest BCUT2D eigenvalue weighted by atomic mass is 35.5. The Morgan fingerprint density at radius 2 is 1.69 bits per heavy atom. The van der Waals surface area contributed by atoms with Crippen molar-refractivity contribution < 1.29 is 14.0 Å². The van der Waals surface area contributed by atoms with Crippen molar-refractivity contribution >= 4 is 46.6 Å². The number of halogens is 2. The van der Waals surface area contributed by atoms with E-state index in [4.69, 9.17) is 11.6 Å². The predicted octanol–water partition coefficient (Wildman–Crippen LogP) is 3.71. The number of likely N-dealkylation sites (N-methyl/N-ethyl adjacent to an activating group) is 1. The summed E-state index contributed by atoms with van der Waals surface area (Å²) in [5.41, 5.74) is 0.734. The zero-order chi connectivity index (χ0) is 19.1. The summed E-state index contributed by atoms with van der Waals surface area (Å²) in [5.74, 6) is -1.25. The van der Waals surface area contributed by atoms with Crippen molar-refractivity contribution in [1.29, 1.82) is 0 Å². The molecule has 0 heterocycles. The van der Waals surface area contributed by atoms with Crippen LogP contribution in [0.15, 0.2) is 47.4 Å². The van der Waals surface area contributed by atoms with E-state index in [1.54, 1.807) is 7.05 Å². The lowest BCUT2D eigenvalue weighted by Crippen LogP contribution is -2.36. The predicted molar refractivity (Wildman–Crippen MR) is 104 cm³/mol. The van der Waals surface area contributed by atoms with Crippen molar-refractivity contribution in [2.24, 2.45) is 0 Å². The molecule has 2 amide bonds. The maximum Gasteiger partial charge on any atom is 0.238 e. The second-order valence-corrected chi connectivity index (χ2v) is 6.88. The van der Waals surface area contributed by atoms with Gasteiger partial charge in [-0.15, -0.1) is 11.8 Å². The first-order chi connectivity index (χ1) is 12.4. The average molecular weight is 396 g/mol. The molecule has 0 saturated heterocycles. The Kier molecular flexibility index (Phi) is 7.44. The van der Waals surface area contributed by atoms with Gasteiger partial charge in [0.1, 0.15) is 5.82 Å². The highest BCUT2D eigenvalue weighted by Gasteiger charge is 2.13. The van der Waals surface area contributed by atoms with Crippen LogP contribution < -0.4 is 10.6 Å². The first-order valence-corrected chi connectivity index (χ1v) is 9.35. The van der Waals surface area contributed by atoms with Crippen LogP contribution in [0.4, 0.5) is 15.8 Å². The summed E-state index contributed by atoms with van der Waals surface area (Å²) in [5, 5.41) is 5.59. The van der Waals surface area contributed by atoms with Crippen LogP contribution in [0.2, 0.25) is 5.02 Å². The van der Waals surface area contributed by atoms with Gasteiger partial charge in [0.25, 0.3) is 0 Å². The number of hydrogen-bond acceptors (Lipinski definition) is 4. The Balaban J connectivity index is 1.87. The lowest BCUT2D eigenvalue weighted by Gasteiger charge is -2.17. The molecule has 2 aromatic carbocycles. The monoisotopic (exact) mass is 395 g/mol. The van der Waals surface area contributed by atoms with E-state index in [9.17, 15) is 14.0 Å². The molecule has 0 aromatic heterocycles. The summed E-state index contributed by atoms with van der Waals surface area (Å²) in [7, 11) is 1.63. The molecule has 138 valence electrons. The van der Waals surface area contributed by atoms with Crippen LogP contribution in [0, 0.1) is 5.82 Å². The van der Waals surface area contributed by atoms with E-state index in [0.29, 0.717) is 5.02 Å². The summed E-state index contributed by atoms with van der Waals surface area (Å²) < 4.78 is 13.6. The Labute approximate surface area is 160 Å². The Hall–Kier alpha value is -2.09. The van der Waals surface area contributed by atoms with Gasteiger partial charge in [-0.05, 0) is 43.6 Å². The minimum atomic E-state index is -0.572. The number of benzene rings is 2. The third kappa shape index (κ3) is 6.01. The van der Waals surface area contributed by atoms with Crippen LogP contribution in [0.1, 0.15) is 0 Å². The summed E-state index contributed by atoms with van der Waals surface area (Å²) in [4.78, 5) is 26.7. The number of rotatable bonds is 7. The van der Waals surface area contributed by atoms with Crippen molar-refractivity contribution in [3.05, 3.63) is 53.3 Å². The van der Waals surface area contributed by atoms with Crippen LogP contribution >= 0.6 is 23.4 Å². The van der Waals surface area contributed by atoms with Gasteiger partial charge in [0, 0.05) is 9.92 Å². The van der Waals surface area contributed by atoms with Crippen molar-refractivity contribution in [2.75, 3.05) is 37.0 Å². The van der Waals surface area contributed by atoms with Crippen LogP contribution in [0.3, 0.4) is 0 Å². The molecule has 0 aliphatic carbocycles. The van der Waals surface area contributed by atoms with Gasteiger partial charge < -0.3 is 10.6 Å². The van der Waals surface area contributed by atoms with Crippen molar-refractivity contribution in [2.45, 2.75) is 4.90 Å². The number of amides is 2. The van der Waals surface area contributed by atoms with Crippen molar-refractivity contribution in [3.63, 3.8) is 0 Å². The molecule has 0 unspecified atom stereocenters. The summed E-state index contributed by atoms with van der Waals surface area (Å²) in [6.07, 6.45) is 1.93. The smallest absolute Gasteiger partial charge is 0.238 e. The molecule has 0 spiro atoms. The molecule has 0 aliphatic rings. The molecule has 0 bridgehead atoms. The standard InChI is InChI=1S/C18H19ClFN3O2S/c1-23(10-17(24)21-14-5-3-4-6-16(14)26-2)11-18(25)22-15-9-12(19)7-8-13(15)20/h3-9H,10-11H2,1-2H3,(H,21,24)(H,22,25). The van der Waals surface area contributed by atoms with Gasteiger partial charge in [0.15, 0.2) is 0 Å². The SMILES string of the molecule is CSc1ccccc1NC(=O)CN(C)CC(=O)Nc1cc(Cl)ccc1F. The molecule has 0 aliphatic heterocycles. The van der Waals surface area contributed by atoms with E-state index >= 15 is 0 Å². The number of thioether (sulfide) groups is 1. The first kappa shape index (κ1) is 20.2. The van der Waals surface area contributed by atoms with E-state index in [1.807, 2.05) is 30.5 Å². The molecular weight excluding hydrogens is 377 g/mol. The number of para-hydroxylation sites is 1. The van der Waals surface area contributed by atoms with Gasteiger partial charge in [0.05, 0.1) is 24.5 Å². The van der Waals surface area contributed by atoms with Gasteiger partial charge in [0.2, 0.25) is 11.8 Å². The average Bonchev–Trinajstić information content (AvgIpc) is 2.58. The summed E-state index contributed by atoms with van der Waals surface area (Å²) >= 11 is 7.33. The number of anilines is 2. The van der Waals surface area contributed by atoms with Crippen LogP contribution in [0.25, 0.3) is 0 Å². The van der Waals surface area contributed by atoms with Gasteiger partial charge >= 0.3 is 0 Å². The fourth-order valence-electron chi connectivity index (χ4n) is 2.27. The zero-order valence-corrected chi connectivity index (χ0v) is 16.0. The molecular formula is C18H19ClFN3O2S. The number of carbonyl (C=O) groups excluding carboxylic acids is 2. The maximum atomic E-state index is 13.6. The minimum absolute atomic E-state index is 0.00856. The zero-order valence-electron chi connectivity index (χ0n) is 14.4. The third-order valence-electron chi connectivity index (χ3n) is 3.41. The molecule has 0 fully saturated rings. The van der Waals surface area contributed by atoms with E-state index in [-0.39, 0.29) is 24.7 Å². The molecule has 0 saturated carbocycles. The Morgan fingerprint density at radius 1 is 1.08 bits per heavy atom. The topological polar surface area (TPSA) is 61.4 Å². The Bertz CT molecular complexity index is 804. The van der Waals surface area contributed by atoms with Crippen LogP contribution in [0.5, 0.6) is 0 Å². The quantitative estimate of drug-likeness (QED) is 0.701. The van der Waals surface area contributed by atoms with Gasteiger partial charge in [-0.2, -0.15) is 0 Å². The maximum absolute atomic E-state index is 13.6. The molecule has 0 atom stereocenters. The van der Waals surface area contributed by atoms with Gasteiger partial charge in [-0.1, -0.05) is 23.7 Å². The van der Waals surface area contributed by atoms with Gasteiger partial charge in [-0.25, -0.2) is 4.39 Å². The highest BCUT2D eigenvalue weighted by molar-refractivity contribution is 7.98. The van der Waals surface area contributed by atoms with E-state index in [2.05, 4.69) is 10.6 Å². The van der Waals surface area contributed by atoms with E-state index < -0.39 is 11.7 Å². The fourth-order valence-corrected chi connectivity index (χ4v) is 2.99. The molecule has 2 rings (SSSR count). The van der Waals surface area contributed by atoms with E-state index in [1.165, 1.54) is 34.9 Å². The molecule has 0 radical (unpaired) electrons.